The summed E-state index contributed by atoms with van der Waals surface area (Å²) in [6.45, 7) is 3.39. The lowest BCUT2D eigenvalue weighted by molar-refractivity contribution is -0.384. The van der Waals surface area contributed by atoms with Gasteiger partial charge in [0.25, 0.3) is 11.6 Å². The molecule has 0 aliphatic carbocycles. The first-order valence-corrected chi connectivity index (χ1v) is 6.53. The van der Waals surface area contributed by atoms with E-state index in [1.165, 1.54) is 18.2 Å². The van der Waals surface area contributed by atoms with Crippen molar-refractivity contribution < 1.29 is 14.8 Å². The number of aliphatic hydroxyl groups is 1. The van der Waals surface area contributed by atoms with Crippen molar-refractivity contribution >= 4 is 27.5 Å². The molecule has 2 N–H and O–H groups in total. The van der Waals surface area contributed by atoms with Gasteiger partial charge < -0.3 is 10.4 Å². The molecule has 6 nitrogen and oxygen atoms in total. The lowest BCUT2D eigenvalue weighted by Gasteiger charge is -2.15. The van der Waals surface area contributed by atoms with E-state index in [2.05, 4.69) is 21.2 Å². The number of hydrogen-bond acceptors (Lipinski definition) is 4. The van der Waals surface area contributed by atoms with Crippen LogP contribution in [0.5, 0.6) is 0 Å². The van der Waals surface area contributed by atoms with E-state index in [1.54, 1.807) is 13.8 Å². The van der Waals surface area contributed by atoms with Gasteiger partial charge in [-0.1, -0.05) is 0 Å². The Morgan fingerprint density at radius 2 is 2.16 bits per heavy atom. The quantitative estimate of drug-likeness (QED) is 0.639. The molecule has 0 heterocycles. The van der Waals surface area contributed by atoms with Gasteiger partial charge in [0.2, 0.25) is 0 Å². The third kappa shape index (κ3) is 4.60. The van der Waals surface area contributed by atoms with Gasteiger partial charge in [-0.05, 0) is 42.3 Å². The van der Waals surface area contributed by atoms with Gasteiger partial charge in [0.05, 0.1) is 16.6 Å². The third-order valence-electron chi connectivity index (χ3n) is 2.48. The number of nitro benzene ring substituents is 1. The normalized spacial score (nSPS) is 13.7. The van der Waals surface area contributed by atoms with Gasteiger partial charge in [0.15, 0.2) is 0 Å². The summed E-state index contributed by atoms with van der Waals surface area (Å²) < 4.78 is 0.486. The molecule has 0 aromatic heterocycles. The highest BCUT2D eigenvalue weighted by Crippen LogP contribution is 2.22. The van der Waals surface area contributed by atoms with Crippen LogP contribution in [-0.2, 0) is 0 Å². The van der Waals surface area contributed by atoms with Crippen LogP contribution in [0.15, 0.2) is 22.7 Å². The number of amides is 1. The maximum absolute atomic E-state index is 12.0. The molecule has 0 radical (unpaired) electrons. The maximum Gasteiger partial charge on any atom is 0.270 e. The monoisotopic (exact) mass is 330 g/mol. The minimum atomic E-state index is -0.553. The van der Waals surface area contributed by atoms with Crippen molar-refractivity contribution in [3.05, 3.63) is 38.3 Å². The molecule has 19 heavy (non-hydrogen) atoms. The van der Waals surface area contributed by atoms with Crippen molar-refractivity contribution in [2.24, 2.45) is 0 Å². The molecule has 1 amide bonds. The number of non-ortho nitro benzene ring substituents is 1. The van der Waals surface area contributed by atoms with E-state index in [4.69, 9.17) is 0 Å². The highest BCUT2D eigenvalue weighted by atomic mass is 79.9. The van der Waals surface area contributed by atoms with Crippen LogP contribution < -0.4 is 5.32 Å². The average Bonchev–Trinajstić information content (AvgIpc) is 2.27. The van der Waals surface area contributed by atoms with Crippen LogP contribution in [-0.4, -0.2) is 28.1 Å². The van der Waals surface area contributed by atoms with Crippen LogP contribution in [0, 0.1) is 10.1 Å². The molecule has 1 aromatic carbocycles. The van der Waals surface area contributed by atoms with E-state index in [9.17, 15) is 20.0 Å². The molecule has 0 aliphatic heterocycles. The van der Waals surface area contributed by atoms with Gasteiger partial charge in [-0.15, -0.1) is 0 Å². The average molecular weight is 331 g/mol. The molecular formula is C12H15BrN2O4. The van der Waals surface area contributed by atoms with Crippen LogP contribution in [0.1, 0.15) is 30.6 Å². The Balaban J connectivity index is 2.87. The Hall–Kier alpha value is -1.47. The van der Waals surface area contributed by atoms with Gasteiger partial charge >= 0.3 is 0 Å². The van der Waals surface area contributed by atoms with E-state index in [0.717, 1.165) is 0 Å². The highest BCUT2D eigenvalue weighted by molar-refractivity contribution is 9.10. The first kappa shape index (κ1) is 15.6. The van der Waals surface area contributed by atoms with Crippen LogP contribution in [0.25, 0.3) is 0 Å². The summed E-state index contributed by atoms with van der Waals surface area (Å²) in [5, 5.41) is 22.6. The number of aliphatic hydroxyl groups excluding tert-OH is 1. The number of hydrogen-bond donors (Lipinski definition) is 2. The molecule has 104 valence electrons. The molecule has 7 heteroatoms. The fourth-order valence-corrected chi connectivity index (χ4v) is 2.10. The first-order chi connectivity index (χ1) is 8.81. The number of rotatable bonds is 5. The number of carbonyl (C=O) groups is 1. The van der Waals surface area contributed by atoms with Crippen LogP contribution >= 0.6 is 15.9 Å². The molecular weight excluding hydrogens is 316 g/mol. The lowest BCUT2D eigenvalue weighted by atomic mass is 10.1. The zero-order valence-corrected chi connectivity index (χ0v) is 12.2. The van der Waals surface area contributed by atoms with Crippen molar-refractivity contribution in [3.8, 4) is 0 Å². The predicted octanol–water partition coefficient (Wildman–Crippen LogP) is 2.25. The zero-order valence-electron chi connectivity index (χ0n) is 10.6. The molecule has 0 fully saturated rings. The SMILES string of the molecule is CC(O)CC(C)NC(=O)c1cc([N+](=O)[O-])ccc1Br. The Bertz CT molecular complexity index is 491. The van der Waals surface area contributed by atoms with Gasteiger partial charge in [-0.3, -0.25) is 14.9 Å². The molecule has 1 aromatic rings. The summed E-state index contributed by atoms with van der Waals surface area (Å²) in [5.74, 6) is -0.413. The van der Waals surface area contributed by atoms with Gasteiger partial charge in [-0.2, -0.15) is 0 Å². The van der Waals surface area contributed by atoms with Crippen molar-refractivity contribution in [3.63, 3.8) is 0 Å². The largest absolute Gasteiger partial charge is 0.393 e. The molecule has 0 bridgehead atoms. The summed E-state index contributed by atoms with van der Waals surface area (Å²) in [5.41, 5.74) is 0.0585. The fourth-order valence-electron chi connectivity index (χ4n) is 1.67. The second-order valence-electron chi connectivity index (χ2n) is 4.38. The Morgan fingerprint density at radius 3 is 2.68 bits per heavy atom. The smallest absolute Gasteiger partial charge is 0.270 e. The zero-order chi connectivity index (χ0) is 14.6. The minimum absolute atomic E-state index is 0.142. The molecule has 0 spiro atoms. The van der Waals surface area contributed by atoms with E-state index in [-0.39, 0.29) is 17.3 Å². The molecule has 2 atom stereocenters. The summed E-state index contributed by atoms with van der Waals surface area (Å²) in [4.78, 5) is 22.1. The van der Waals surface area contributed by atoms with E-state index in [0.29, 0.717) is 10.9 Å². The third-order valence-corrected chi connectivity index (χ3v) is 3.17. The molecule has 1 rings (SSSR count). The van der Waals surface area contributed by atoms with Crippen LogP contribution in [0.2, 0.25) is 0 Å². The summed E-state index contributed by atoms with van der Waals surface area (Å²) >= 11 is 3.19. The number of nitrogens with zero attached hydrogens (tertiary/aromatic N) is 1. The van der Waals surface area contributed by atoms with E-state index < -0.39 is 16.9 Å². The number of nitrogens with one attached hydrogen (secondary N) is 1. The summed E-state index contributed by atoms with van der Waals surface area (Å²) in [6.07, 6.45) is -0.109. The van der Waals surface area contributed by atoms with Gasteiger partial charge in [-0.25, -0.2) is 0 Å². The highest BCUT2D eigenvalue weighted by Gasteiger charge is 2.17. The maximum atomic E-state index is 12.0. The van der Waals surface area contributed by atoms with E-state index in [1.807, 2.05) is 0 Å². The number of halogens is 1. The summed E-state index contributed by atoms with van der Waals surface area (Å²) in [7, 11) is 0. The second kappa shape index (κ2) is 6.63. The number of carbonyl (C=O) groups excluding carboxylic acids is 1. The lowest BCUT2D eigenvalue weighted by Crippen LogP contribution is -2.34. The Kier molecular flexibility index (Phi) is 5.44. The van der Waals surface area contributed by atoms with Gasteiger partial charge in [0, 0.05) is 22.6 Å². The summed E-state index contributed by atoms with van der Waals surface area (Å²) in [6, 6.07) is 3.78. The molecule has 0 aliphatic rings. The van der Waals surface area contributed by atoms with Crippen LogP contribution in [0.4, 0.5) is 5.69 Å². The standard InChI is InChI=1S/C12H15BrN2O4/c1-7(5-8(2)16)14-12(17)10-6-9(15(18)19)3-4-11(10)13/h3-4,6-8,16H,5H2,1-2H3,(H,14,17). The van der Waals surface area contributed by atoms with Crippen molar-refractivity contribution in [2.75, 3.05) is 0 Å². The Morgan fingerprint density at radius 1 is 1.53 bits per heavy atom. The number of benzene rings is 1. The van der Waals surface area contributed by atoms with Crippen LogP contribution in [0.3, 0.4) is 0 Å². The Labute approximate surface area is 119 Å². The minimum Gasteiger partial charge on any atom is -0.393 e. The number of nitro groups is 1. The van der Waals surface area contributed by atoms with Crippen molar-refractivity contribution in [2.45, 2.75) is 32.4 Å². The van der Waals surface area contributed by atoms with Gasteiger partial charge in [0.1, 0.15) is 0 Å². The predicted molar refractivity (Wildman–Crippen MR) is 74.0 cm³/mol. The topological polar surface area (TPSA) is 92.5 Å². The van der Waals surface area contributed by atoms with Crippen molar-refractivity contribution in [1.82, 2.24) is 5.32 Å². The molecule has 0 saturated heterocycles. The first-order valence-electron chi connectivity index (χ1n) is 5.74. The van der Waals surface area contributed by atoms with E-state index >= 15 is 0 Å². The van der Waals surface area contributed by atoms with Crippen molar-refractivity contribution in [1.29, 1.82) is 0 Å². The molecule has 2 unspecified atom stereocenters. The second-order valence-corrected chi connectivity index (χ2v) is 5.23. The fraction of sp³-hybridized carbons (Fsp3) is 0.417. The molecule has 0 saturated carbocycles.